The fourth-order valence-electron chi connectivity index (χ4n) is 1.69. The van der Waals surface area contributed by atoms with Crippen LogP contribution in [0.1, 0.15) is 25.7 Å². The normalized spacial score (nSPS) is 14.8. The minimum absolute atomic E-state index is 0.0518. The van der Waals surface area contributed by atoms with Crippen molar-refractivity contribution in [1.29, 1.82) is 5.26 Å². The third kappa shape index (κ3) is 4.76. The Morgan fingerprint density at radius 3 is 2.60 bits per heavy atom. The van der Waals surface area contributed by atoms with E-state index in [0.29, 0.717) is 0 Å². The SMILES string of the molecule is COC(=O)C[C@H](NC(=O)N(CCC#N)C1CC1)C(=O)O. The molecule has 0 aromatic heterocycles. The second-order valence-corrected chi connectivity index (χ2v) is 4.45. The lowest BCUT2D eigenvalue weighted by Crippen LogP contribution is -2.49. The molecule has 0 radical (unpaired) electrons. The van der Waals surface area contributed by atoms with Crippen molar-refractivity contribution >= 4 is 18.0 Å². The van der Waals surface area contributed by atoms with Gasteiger partial charge in [-0.15, -0.1) is 0 Å². The van der Waals surface area contributed by atoms with Gasteiger partial charge in [0.1, 0.15) is 6.04 Å². The van der Waals surface area contributed by atoms with Gasteiger partial charge < -0.3 is 20.1 Å². The summed E-state index contributed by atoms with van der Waals surface area (Å²) < 4.78 is 4.39. The summed E-state index contributed by atoms with van der Waals surface area (Å²) >= 11 is 0. The fraction of sp³-hybridized carbons (Fsp3) is 0.667. The smallest absolute Gasteiger partial charge is 0.326 e. The van der Waals surface area contributed by atoms with Gasteiger partial charge >= 0.3 is 18.0 Å². The number of carboxylic acid groups (broad SMARTS) is 1. The molecule has 2 amide bonds. The average molecular weight is 283 g/mol. The van der Waals surface area contributed by atoms with E-state index in [4.69, 9.17) is 10.4 Å². The summed E-state index contributed by atoms with van der Waals surface area (Å²) in [7, 11) is 1.15. The molecule has 0 aliphatic heterocycles. The molecule has 1 aliphatic carbocycles. The van der Waals surface area contributed by atoms with Crippen molar-refractivity contribution in [2.45, 2.75) is 37.8 Å². The summed E-state index contributed by atoms with van der Waals surface area (Å²) in [5.41, 5.74) is 0. The van der Waals surface area contributed by atoms with Crippen molar-refractivity contribution < 1.29 is 24.2 Å². The van der Waals surface area contributed by atoms with Gasteiger partial charge in [-0.2, -0.15) is 5.26 Å². The second-order valence-electron chi connectivity index (χ2n) is 4.45. The summed E-state index contributed by atoms with van der Waals surface area (Å²) in [6.07, 6.45) is 1.42. The second kappa shape index (κ2) is 7.33. The van der Waals surface area contributed by atoms with Gasteiger partial charge in [-0.1, -0.05) is 0 Å². The van der Waals surface area contributed by atoms with Crippen LogP contribution in [0.2, 0.25) is 0 Å². The summed E-state index contributed by atoms with van der Waals surface area (Å²) in [5, 5.41) is 19.8. The number of hydrogen-bond donors (Lipinski definition) is 2. The van der Waals surface area contributed by atoms with Crippen LogP contribution >= 0.6 is 0 Å². The summed E-state index contributed by atoms with van der Waals surface area (Å²) in [6, 6.07) is 0.0876. The van der Waals surface area contributed by atoms with Gasteiger partial charge in [0.2, 0.25) is 0 Å². The van der Waals surface area contributed by atoms with Gasteiger partial charge in [0, 0.05) is 12.6 Å². The Morgan fingerprint density at radius 2 is 2.15 bits per heavy atom. The molecular weight excluding hydrogens is 266 g/mol. The number of carbonyl (C=O) groups is 3. The van der Waals surface area contributed by atoms with E-state index in [2.05, 4.69) is 10.1 Å². The minimum atomic E-state index is -1.33. The number of esters is 1. The lowest BCUT2D eigenvalue weighted by molar-refractivity contribution is -0.147. The molecule has 0 heterocycles. The number of ether oxygens (including phenoxy) is 1. The van der Waals surface area contributed by atoms with Gasteiger partial charge in [-0.3, -0.25) is 4.79 Å². The third-order valence-electron chi connectivity index (χ3n) is 2.91. The van der Waals surface area contributed by atoms with Crippen LogP contribution in [0.4, 0.5) is 4.79 Å². The highest BCUT2D eigenvalue weighted by molar-refractivity contribution is 5.86. The third-order valence-corrected chi connectivity index (χ3v) is 2.91. The maximum atomic E-state index is 12.0. The molecule has 0 spiro atoms. The van der Waals surface area contributed by atoms with Gasteiger partial charge in [-0.25, -0.2) is 9.59 Å². The first kappa shape index (κ1) is 15.8. The molecule has 8 heteroatoms. The van der Waals surface area contributed by atoms with Crippen LogP contribution in [0.5, 0.6) is 0 Å². The molecule has 20 heavy (non-hydrogen) atoms. The molecule has 0 aromatic carbocycles. The number of amides is 2. The van der Waals surface area contributed by atoms with Crippen molar-refractivity contribution in [3.63, 3.8) is 0 Å². The van der Waals surface area contributed by atoms with E-state index in [1.807, 2.05) is 6.07 Å². The summed E-state index contributed by atoms with van der Waals surface area (Å²) in [6.45, 7) is 0.248. The first-order valence-electron chi connectivity index (χ1n) is 6.23. The predicted octanol–water partition coefficient (Wildman–Crippen LogP) is 0.0904. The van der Waals surface area contributed by atoms with Crippen LogP contribution < -0.4 is 5.32 Å². The zero-order valence-corrected chi connectivity index (χ0v) is 11.2. The van der Waals surface area contributed by atoms with Crippen molar-refractivity contribution in [3.8, 4) is 6.07 Å². The van der Waals surface area contributed by atoms with Crippen LogP contribution in [0.3, 0.4) is 0 Å². The van der Waals surface area contributed by atoms with E-state index in [1.54, 1.807) is 0 Å². The van der Waals surface area contributed by atoms with Crippen molar-refractivity contribution in [3.05, 3.63) is 0 Å². The first-order valence-corrected chi connectivity index (χ1v) is 6.23. The van der Waals surface area contributed by atoms with Gasteiger partial charge in [-0.05, 0) is 12.8 Å². The highest BCUT2D eigenvalue weighted by atomic mass is 16.5. The Bertz CT molecular complexity index is 427. The minimum Gasteiger partial charge on any atom is -0.480 e. The van der Waals surface area contributed by atoms with E-state index in [-0.39, 0.29) is 19.0 Å². The van der Waals surface area contributed by atoms with Crippen LogP contribution in [-0.4, -0.2) is 53.7 Å². The molecule has 1 rings (SSSR count). The van der Waals surface area contributed by atoms with E-state index < -0.39 is 30.4 Å². The Balaban J connectivity index is 2.61. The van der Waals surface area contributed by atoms with Crippen molar-refractivity contribution in [2.75, 3.05) is 13.7 Å². The Labute approximate surface area is 116 Å². The van der Waals surface area contributed by atoms with E-state index in [1.165, 1.54) is 4.90 Å². The molecule has 0 saturated heterocycles. The maximum Gasteiger partial charge on any atom is 0.326 e. The number of rotatable bonds is 7. The van der Waals surface area contributed by atoms with Crippen LogP contribution in [0, 0.1) is 11.3 Å². The molecule has 1 saturated carbocycles. The van der Waals surface area contributed by atoms with Gasteiger partial charge in [0.25, 0.3) is 0 Å². The Kier molecular flexibility index (Phi) is 5.77. The molecule has 0 bridgehead atoms. The van der Waals surface area contributed by atoms with Gasteiger partial charge in [0.05, 0.1) is 26.0 Å². The van der Waals surface area contributed by atoms with Crippen LogP contribution in [0.15, 0.2) is 0 Å². The molecule has 110 valence electrons. The number of aliphatic carboxylic acids is 1. The standard InChI is InChI=1S/C12H17N3O5/c1-20-10(16)7-9(11(17)18)14-12(19)15(6-2-5-13)8-3-4-8/h8-9H,2-4,6-7H2,1H3,(H,14,19)(H,17,18)/t9-/m0/s1. The molecule has 1 fully saturated rings. The number of carboxylic acids is 1. The first-order chi connectivity index (χ1) is 9.49. The largest absolute Gasteiger partial charge is 0.480 e. The number of hydrogen-bond acceptors (Lipinski definition) is 5. The average Bonchev–Trinajstić information content (AvgIpc) is 3.22. The van der Waals surface area contributed by atoms with E-state index in [0.717, 1.165) is 20.0 Å². The van der Waals surface area contributed by atoms with Crippen molar-refractivity contribution in [2.24, 2.45) is 0 Å². The highest BCUT2D eigenvalue weighted by Gasteiger charge is 2.34. The van der Waals surface area contributed by atoms with Crippen LogP contribution in [-0.2, 0) is 14.3 Å². The quantitative estimate of drug-likeness (QED) is 0.639. The molecule has 1 aliphatic rings. The lowest BCUT2D eigenvalue weighted by atomic mass is 10.2. The summed E-state index contributed by atoms with van der Waals surface area (Å²) in [5.74, 6) is -2.02. The van der Waals surface area contributed by atoms with Crippen molar-refractivity contribution in [1.82, 2.24) is 10.2 Å². The molecular formula is C12H17N3O5. The number of methoxy groups -OCH3 is 1. The number of carbonyl (C=O) groups excluding carboxylic acids is 2. The predicted molar refractivity (Wildman–Crippen MR) is 66.5 cm³/mol. The lowest BCUT2D eigenvalue weighted by Gasteiger charge is -2.23. The number of nitriles is 1. The molecule has 0 unspecified atom stereocenters. The number of nitrogens with one attached hydrogen (secondary N) is 1. The molecule has 2 N–H and O–H groups in total. The zero-order chi connectivity index (χ0) is 15.1. The monoisotopic (exact) mass is 283 g/mol. The van der Waals surface area contributed by atoms with Crippen LogP contribution in [0.25, 0.3) is 0 Å². The van der Waals surface area contributed by atoms with E-state index >= 15 is 0 Å². The molecule has 0 aromatic rings. The Morgan fingerprint density at radius 1 is 1.50 bits per heavy atom. The number of nitrogens with zero attached hydrogens (tertiary/aromatic N) is 2. The van der Waals surface area contributed by atoms with E-state index in [9.17, 15) is 14.4 Å². The number of urea groups is 1. The summed E-state index contributed by atoms with van der Waals surface area (Å²) in [4.78, 5) is 35.6. The molecule has 8 nitrogen and oxygen atoms in total. The Hall–Kier alpha value is -2.30. The highest BCUT2D eigenvalue weighted by Crippen LogP contribution is 2.27. The topological polar surface area (TPSA) is 120 Å². The molecule has 1 atom stereocenters. The fourth-order valence-corrected chi connectivity index (χ4v) is 1.69. The maximum absolute atomic E-state index is 12.0. The van der Waals surface area contributed by atoms with Gasteiger partial charge in [0.15, 0.2) is 0 Å². The zero-order valence-electron chi connectivity index (χ0n) is 11.2.